The molecule has 0 fully saturated rings. The van der Waals surface area contributed by atoms with E-state index in [1.54, 1.807) is 6.20 Å². The summed E-state index contributed by atoms with van der Waals surface area (Å²) in [5, 5.41) is 14.6. The molecule has 0 aliphatic rings. The molecule has 0 aliphatic heterocycles. The number of hydrogen-bond donors (Lipinski definition) is 2. The van der Waals surface area contributed by atoms with Gasteiger partial charge in [-0.15, -0.1) is 5.10 Å². The van der Waals surface area contributed by atoms with Gasteiger partial charge in [0, 0.05) is 12.2 Å². The zero-order valence-corrected chi connectivity index (χ0v) is 13.2. The highest BCUT2D eigenvalue weighted by atomic mass is 15.3. The van der Waals surface area contributed by atoms with Gasteiger partial charge < -0.3 is 10.6 Å². The zero-order chi connectivity index (χ0) is 16.1. The molecule has 5 nitrogen and oxygen atoms in total. The van der Waals surface area contributed by atoms with E-state index in [-0.39, 0.29) is 0 Å². The second-order valence-corrected chi connectivity index (χ2v) is 5.40. The maximum absolute atomic E-state index is 4.47. The predicted octanol–water partition coefficient (Wildman–Crippen LogP) is 3.84. The summed E-state index contributed by atoms with van der Waals surface area (Å²) in [6, 6.07) is 16.3. The minimum atomic E-state index is 0.487. The number of hydrogen-bond acceptors (Lipinski definition) is 5. The van der Waals surface area contributed by atoms with Crippen LogP contribution in [0.5, 0.6) is 0 Å². The van der Waals surface area contributed by atoms with Gasteiger partial charge in [-0.25, -0.2) is 0 Å². The molecule has 2 aromatic carbocycles. The number of nitrogens with one attached hydrogen (secondary N) is 2. The molecule has 0 radical (unpaired) electrons. The summed E-state index contributed by atoms with van der Waals surface area (Å²) < 4.78 is 0. The van der Waals surface area contributed by atoms with Crippen LogP contribution in [-0.4, -0.2) is 15.2 Å². The average molecular weight is 305 g/mol. The third-order valence-electron chi connectivity index (χ3n) is 3.59. The van der Waals surface area contributed by atoms with E-state index < -0.39 is 0 Å². The normalized spacial score (nSPS) is 10.3. The van der Waals surface area contributed by atoms with Gasteiger partial charge in [0.05, 0.1) is 6.20 Å². The van der Waals surface area contributed by atoms with Gasteiger partial charge in [0.1, 0.15) is 0 Å². The quantitative estimate of drug-likeness (QED) is 0.750. The SMILES string of the molecule is Cc1cccc(C)c1Nc1nncc(NCc2ccccc2)n1. The molecule has 0 saturated heterocycles. The van der Waals surface area contributed by atoms with Gasteiger partial charge in [0.2, 0.25) is 5.95 Å². The molecule has 3 rings (SSSR count). The van der Waals surface area contributed by atoms with Crippen LogP contribution in [0.3, 0.4) is 0 Å². The molecular formula is C18H19N5. The highest BCUT2D eigenvalue weighted by molar-refractivity contribution is 5.63. The first kappa shape index (κ1) is 15.0. The summed E-state index contributed by atoms with van der Waals surface area (Å²) in [5.74, 6) is 1.18. The fourth-order valence-electron chi connectivity index (χ4n) is 2.35. The molecule has 2 N–H and O–H groups in total. The molecule has 23 heavy (non-hydrogen) atoms. The maximum Gasteiger partial charge on any atom is 0.249 e. The molecule has 5 heteroatoms. The van der Waals surface area contributed by atoms with E-state index in [0.717, 1.165) is 16.8 Å². The van der Waals surface area contributed by atoms with Gasteiger partial charge in [0.25, 0.3) is 0 Å². The lowest BCUT2D eigenvalue weighted by Gasteiger charge is -2.11. The number of aryl methyl sites for hydroxylation is 2. The Bertz CT molecular complexity index is 766. The minimum Gasteiger partial charge on any atom is -0.365 e. The summed E-state index contributed by atoms with van der Waals surface area (Å²) in [6.07, 6.45) is 1.62. The molecule has 0 aliphatic carbocycles. The standard InChI is InChI=1S/C18H19N5/c1-13-7-6-8-14(2)17(13)22-18-21-16(12-20-23-18)19-11-15-9-4-3-5-10-15/h3-10,12H,11H2,1-2H3,(H2,19,21,22,23). The van der Waals surface area contributed by atoms with Crippen molar-refractivity contribution in [3.05, 3.63) is 71.4 Å². The van der Waals surface area contributed by atoms with Crippen LogP contribution >= 0.6 is 0 Å². The predicted molar refractivity (Wildman–Crippen MR) is 92.8 cm³/mol. The zero-order valence-electron chi connectivity index (χ0n) is 13.2. The number of aromatic nitrogens is 3. The molecule has 116 valence electrons. The van der Waals surface area contributed by atoms with E-state index in [1.807, 2.05) is 24.3 Å². The van der Waals surface area contributed by atoms with Gasteiger partial charge in [0.15, 0.2) is 5.82 Å². The second kappa shape index (κ2) is 6.87. The molecule has 0 spiro atoms. The van der Waals surface area contributed by atoms with Crippen molar-refractivity contribution in [2.45, 2.75) is 20.4 Å². The third-order valence-corrected chi connectivity index (χ3v) is 3.59. The molecule has 0 amide bonds. The average Bonchev–Trinajstić information content (AvgIpc) is 2.58. The van der Waals surface area contributed by atoms with Crippen molar-refractivity contribution < 1.29 is 0 Å². The van der Waals surface area contributed by atoms with E-state index in [2.05, 4.69) is 63.9 Å². The Morgan fingerprint density at radius 3 is 2.39 bits per heavy atom. The molecule has 1 heterocycles. The van der Waals surface area contributed by atoms with Crippen LogP contribution in [-0.2, 0) is 6.54 Å². The van der Waals surface area contributed by atoms with Gasteiger partial charge in [-0.3, -0.25) is 0 Å². The highest BCUT2D eigenvalue weighted by Gasteiger charge is 2.06. The van der Waals surface area contributed by atoms with Gasteiger partial charge in [-0.1, -0.05) is 48.5 Å². The lowest BCUT2D eigenvalue weighted by molar-refractivity contribution is 0.964. The van der Waals surface area contributed by atoms with E-state index >= 15 is 0 Å². The topological polar surface area (TPSA) is 62.7 Å². The Labute approximate surface area is 135 Å². The highest BCUT2D eigenvalue weighted by Crippen LogP contribution is 2.22. The fourth-order valence-corrected chi connectivity index (χ4v) is 2.35. The minimum absolute atomic E-state index is 0.487. The van der Waals surface area contributed by atoms with Crippen LogP contribution in [0.2, 0.25) is 0 Å². The summed E-state index contributed by atoms with van der Waals surface area (Å²) in [4.78, 5) is 4.47. The first-order valence-electron chi connectivity index (χ1n) is 7.53. The van der Waals surface area contributed by atoms with Crippen molar-refractivity contribution in [1.29, 1.82) is 0 Å². The van der Waals surface area contributed by atoms with Crippen molar-refractivity contribution >= 4 is 17.5 Å². The Balaban J connectivity index is 1.72. The third kappa shape index (κ3) is 3.83. The van der Waals surface area contributed by atoms with Gasteiger partial charge in [-0.05, 0) is 30.5 Å². The van der Waals surface area contributed by atoms with E-state index in [4.69, 9.17) is 0 Å². The Morgan fingerprint density at radius 2 is 1.65 bits per heavy atom. The Hall–Kier alpha value is -2.95. The van der Waals surface area contributed by atoms with E-state index in [1.165, 1.54) is 5.56 Å². The van der Waals surface area contributed by atoms with Crippen molar-refractivity contribution in [2.75, 3.05) is 10.6 Å². The van der Waals surface area contributed by atoms with Crippen LogP contribution in [0.4, 0.5) is 17.5 Å². The number of benzene rings is 2. The fraction of sp³-hybridized carbons (Fsp3) is 0.167. The molecular weight excluding hydrogens is 286 g/mol. The van der Waals surface area contributed by atoms with Crippen LogP contribution in [0.1, 0.15) is 16.7 Å². The number of rotatable bonds is 5. The number of anilines is 3. The van der Waals surface area contributed by atoms with Crippen molar-refractivity contribution in [3.8, 4) is 0 Å². The second-order valence-electron chi connectivity index (χ2n) is 5.40. The monoisotopic (exact) mass is 305 g/mol. The van der Waals surface area contributed by atoms with E-state index in [0.29, 0.717) is 18.3 Å². The number of para-hydroxylation sites is 1. The van der Waals surface area contributed by atoms with Crippen molar-refractivity contribution in [3.63, 3.8) is 0 Å². The Morgan fingerprint density at radius 1 is 0.913 bits per heavy atom. The van der Waals surface area contributed by atoms with Crippen molar-refractivity contribution in [1.82, 2.24) is 15.2 Å². The molecule has 0 saturated carbocycles. The lowest BCUT2D eigenvalue weighted by atomic mass is 10.1. The summed E-state index contributed by atoms with van der Waals surface area (Å²) in [7, 11) is 0. The summed E-state index contributed by atoms with van der Waals surface area (Å²) in [6.45, 7) is 4.81. The molecule has 3 aromatic rings. The largest absolute Gasteiger partial charge is 0.365 e. The first-order valence-corrected chi connectivity index (χ1v) is 7.53. The van der Waals surface area contributed by atoms with Gasteiger partial charge in [-0.2, -0.15) is 10.1 Å². The lowest BCUT2D eigenvalue weighted by Crippen LogP contribution is -2.06. The van der Waals surface area contributed by atoms with Crippen LogP contribution in [0.15, 0.2) is 54.7 Å². The smallest absolute Gasteiger partial charge is 0.249 e. The van der Waals surface area contributed by atoms with E-state index in [9.17, 15) is 0 Å². The van der Waals surface area contributed by atoms with Gasteiger partial charge >= 0.3 is 0 Å². The maximum atomic E-state index is 4.47. The molecule has 0 unspecified atom stereocenters. The summed E-state index contributed by atoms with van der Waals surface area (Å²) in [5.41, 5.74) is 4.51. The van der Waals surface area contributed by atoms with Crippen molar-refractivity contribution in [2.24, 2.45) is 0 Å². The molecule has 1 aromatic heterocycles. The summed E-state index contributed by atoms with van der Waals surface area (Å²) >= 11 is 0. The molecule has 0 atom stereocenters. The van der Waals surface area contributed by atoms with Crippen LogP contribution in [0, 0.1) is 13.8 Å². The first-order chi connectivity index (χ1) is 11.2. The number of nitrogens with zero attached hydrogens (tertiary/aromatic N) is 3. The van der Waals surface area contributed by atoms with Crippen LogP contribution in [0.25, 0.3) is 0 Å². The Kier molecular flexibility index (Phi) is 4.47. The molecule has 0 bridgehead atoms. The van der Waals surface area contributed by atoms with Crippen LogP contribution < -0.4 is 10.6 Å².